The van der Waals surface area contributed by atoms with E-state index in [4.69, 9.17) is 4.74 Å². The van der Waals surface area contributed by atoms with Crippen LogP contribution in [-0.2, 0) is 6.42 Å². The smallest absolute Gasteiger partial charge is 0.119 e. The van der Waals surface area contributed by atoms with Gasteiger partial charge in [0.2, 0.25) is 0 Å². The number of nitrogens with one attached hydrogen (secondary N) is 1. The molecule has 0 unspecified atom stereocenters. The predicted octanol–water partition coefficient (Wildman–Crippen LogP) is 4.11. The average molecular weight is 223 g/mol. The van der Waals surface area contributed by atoms with Crippen molar-refractivity contribution < 1.29 is 4.74 Å². The quantitative estimate of drug-likeness (QED) is 0.773. The van der Waals surface area contributed by atoms with Gasteiger partial charge in [-0.3, -0.25) is 0 Å². The van der Waals surface area contributed by atoms with E-state index in [1.807, 2.05) is 33.8 Å². The lowest BCUT2D eigenvalue weighted by molar-refractivity contribution is 0.414. The van der Waals surface area contributed by atoms with Gasteiger partial charge in [-0.15, -0.1) is 0 Å². The Bertz CT molecular complexity index is 284. The Morgan fingerprint density at radius 3 is 2.44 bits per heavy atom. The number of rotatable bonds is 1. The Balaban J connectivity index is 0.000000509. The molecule has 0 atom stereocenters. The van der Waals surface area contributed by atoms with Gasteiger partial charge in [0.15, 0.2) is 0 Å². The summed E-state index contributed by atoms with van der Waals surface area (Å²) >= 11 is 0. The maximum Gasteiger partial charge on any atom is 0.119 e. The van der Waals surface area contributed by atoms with Crippen LogP contribution in [0.3, 0.4) is 0 Å². The van der Waals surface area contributed by atoms with Crippen molar-refractivity contribution in [2.45, 2.75) is 40.5 Å². The molecule has 2 rings (SSSR count). The first-order valence-corrected chi connectivity index (χ1v) is 6.31. The molecular weight excluding hydrogens is 198 g/mol. The fourth-order valence-electron chi connectivity index (χ4n) is 1.58. The maximum atomic E-state index is 5.15. The zero-order valence-corrected chi connectivity index (χ0v) is 11.3. The fraction of sp³-hybridized carbons (Fsp3) is 0.571. The second kappa shape index (κ2) is 9.08. The van der Waals surface area contributed by atoms with E-state index in [9.17, 15) is 0 Å². The van der Waals surface area contributed by atoms with E-state index in [1.54, 1.807) is 7.11 Å². The number of benzene rings is 1. The molecule has 1 aromatic rings. The molecule has 0 amide bonds. The number of ether oxygens (including phenoxy) is 1. The summed E-state index contributed by atoms with van der Waals surface area (Å²) in [6.45, 7) is 9.10. The summed E-state index contributed by atoms with van der Waals surface area (Å²) < 4.78 is 5.15. The van der Waals surface area contributed by atoms with Crippen LogP contribution in [0.4, 0.5) is 5.69 Å². The van der Waals surface area contributed by atoms with Gasteiger partial charge < -0.3 is 10.1 Å². The molecule has 1 N–H and O–H groups in total. The molecule has 0 spiro atoms. The van der Waals surface area contributed by atoms with E-state index in [1.165, 1.54) is 24.1 Å². The summed E-state index contributed by atoms with van der Waals surface area (Å²) in [7, 11) is 1.71. The number of methoxy groups -OCH3 is 1. The first kappa shape index (κ1) is 14.8. The van der Waals surface area contributed by atoms with Gasteiger partial charge in [-0.25, -0.2) is 0 Å². The molecule has 0 saturated carbocycles. The molecule has 0 radical (unpaired) electrons. The van der Waals surface area contributed by atoms with Gasteiger partial charge >= 0.3 is 0 Å². The van der Waals surface area contributed by atoms with Crippen molar-refractivity contribution in [1.82, 2.24) is 0 Å². The summed E-state index contributed by atoms with van der Waals surface area (Å²) in [6.07, 6.45) is 2.39. The van der Waals surface area contributed by atoms with Crippen molar-refractivity contribution in [2.75, 3.05) is 19.0 Å². The van der Waals surface area contributed by atoms with Crippen molar-refractivity contribution in [3.05, 3.63) is 23.8 Å². The van der Waals surface area contributed by atoms with Crippen LogP contribution in [0.1, 0.15) is 39.7 Å². The Kier molecular flexibility index (Phi) is 8.41. The van der Waals surface area contributed by atoms with E-state index in [-0.39, 0.29) is 0 Å². The van der Waals surface area contributed by atoms with Crippen molar-refractivity contribution in [2.24, 2.45) is 0 Å². The maximum absolute atomic E-state index is 5.15. The van der Waals surface area contributed by atoms with Crippen molar-refractivity contribution >= 4 is 5.69 Å². The molecule has 0 aromatic heterocycles. The normalized spacial score (nSPS) is 11.8. The van der Waals surface area contributed by atoms with Gasteiger partial charge in [0.1, 0.15) is 5.75 Å². The van der Waals surface area contributed by atoms with Crippen LogP contribution in [0.5, 0.6) is 5.75 Å². The van der Waals surface area contributed by atoms with Gasteiger partial charge in [-0.2, -0.15) is 0 Å². The standard InChI is InChI=1S/C10H13NO.2C2H6/c1-12-9-4-5-10-8(7-9)3-2-6-11-10;2*1-2/h4-5,7,11H,2-3,6H2,1H3;2*1-2H3. The highest BCUT2D eigenvalue weighted by Gasteiger charge is 2.08. The first-order valence-electron chi connectivity index (χ1n) is 6.31. The van der Waals surface area contributed by atoms with Gasteiger partial charge in [-0.05, 0) is 36.6 Å². The lowest BCUT2D eigenvalue weighted by atomic mass is 10.0. The summed E-state index contributed by atoms with van der Waals surface area (Å²) in [5.74, 6) is 0.956. The zero-order valence-electron chi connectivity index (χ0n) is 11.3. The minimum absolute atomic E-state index is 0.956. The molecule has 0 bridgehead atoms. The van der Waals surface area contributed by atoms with E-state index >= 15 is 0 Å². The van der Waals surface area contributed by atoms with Crippen molar-refractivity contribution in [3.8, 4) is 5.75 Å². The van der Waals surface area contributed by atoms with Gasteiger partial charge in [0, 0.05) is 12.2 Å². The number of hydrogen-bond donors (Lipinski definition) is 1. The lowest BCUT2D eigenvalue weighted by Gasteiger charge is -2.18. The van der Waals surface area contributed by atoms with Crippen LogP contribution in [0.25, 0.3) is 0 Å². The Labute approximate surface area is 100 Å². The Morgan fingerprint density at radius 2 is 1.81 bits per heavy atom. The largest absolute Gasteiger partial charge is 0.497 e. The molecule has 16 heavy (non-hydrogen) atoms. The summed E-state index contributed by atoms with van der Waals surface area (Å²) in [6, 6.07) is 6.20. The third-order valence-corrected chi connectivity index (χ3v) is 2.25. The Hall–Kier alpha value is -1.18. The number of aryl methyl sites for hydroxylation is 1. The molecule has 1 aliphatic heterocycles. The van der Waals surface area contributed by atoms with Crippen LogP contribution in [-0.4, -0.2) is 13.7 Å². The predicted molar refractivity (Wildman–Crippen MR) is 72.5 cm³/mol. The average Bonchev–Trinajstić information content (AvgIpc) is 2.42. The molecule has 1 aliphatic rings. The van der Waals surface area contributed by atoms with Gasteiger partial charge in [0.25, 0.3) is 0 Å². The number of anilines is 1. The van der Waals surface area contributed by atoms with Crippen LogP contribution in [0.2, 0.25) is 0 Å². The monoisotopic (exact) mass is 223 g/mol. The second-order valence-corrected chi connectivity index (χ2v) is 3.05. The first-order chi connectivity index (χ1) is 7.90. The highest BCUT2D eigenvalue weighted by Crippen LogP contribution is 2.25. The topological polar surface area (TPSA) is 21.3 Å². The molecule has 0 saturated heterocycles. The van der Waals surface area contributed by atoms with Crippen LogP contribution in [0, 0.1) is 0 Å². The lowest BCUT2D eigenvalue weighted by Crippen LogP contribution is -2.11. The molecule has 2 nitrogen and oxygen atoms in total. The minimum atomic E-state index is 0.956. The molecule has 1 aromatic carbocycles. The zero-order chi connectivity index (χ0) is 12.4. The van der Waals surface area contributed by atoms with E-state index in [0.717, 1.165) is 12.3 Å². The molecular formula is C14H25NO. The highest BCUT2D eigenvalue weighted by molar-refractivity contribution is 5.55. The van der Waals surface area contributed by atoms with E-state index < -0.39 is 0 Å². The summed E-state index contributed by atoms with van der Waals surface area (Å²) in [5.41, 5.74) is 2.64. The number of hydrogen-bond acceptors (Lipinski definition) is 2. The van der Waals surface area contributed by atoms with Gasteiger partial charge in [0.05, 0.1) is 7.11 Å². The molecule has 0 aliphatic carbocycles. The minimum Gasteiger partial charge on any atom is -0.497 e. The highest BCUT2D eigenvalue weighted by atomic mass is 16.5. The Morgan fingerprint density at radius 1 is 1.12 bits per heavy atom. The van der Waals surface area contributed by atoms with Crippen molar-refractivity contribution in [1.29, 1.82) is 0 Å². The SMILES string of the molecule is CC.CC.COc1ccc2c(c1)CCCN2. The number of fused-ring (bicyclic) bond motifs is 1. The summed E-state index contributed by atoms with van der Waals surface area (Å²) in [5, 5.41) is 3.36. The van der Waals surface area contributed by atoms with Crippen LogP contribution in [0.15, 0.2) is 18.2 Å². The third kappa shape index (κ3) is 4.13. The molecule has 2 heteroatoms. The van der Waals surface area contributed by atoms with Crippen LogP contribution >= 0.6 is 0 Å². The van der Waals surface area contributed by atoms with Crippen LogP contribution < -0.4 is 10.1 Å². The third-order valence-electron chi connectivity index (χ3n) is 2.25. The van der Waals surface area contributed by atoms with Gasteiger partial charge in [-0.1, -0.05) is 27.7 Å². The fourth-order valence-corrected chi connectivity index (χ4v) is 1.58. The molecule has 0 fully saturated rings. The summed E-state index contributed by atoms with van der Waals surface area (Å²) in [4.78, 5) is 0. The molecule has 92 valence electrons. The van der Waals surface area contributed by atoms with E-state index in [0.29, 0.717) is 0 Å². The van der Waals surface area contributed by atoms with Crippen molar-refractivity contribution in [3.63, 3.8) is 0 Å². The second-order valence-electron chi connectivity index (χ2n) is 3.05. The van der Waals surface area contributed by atoms with E-state index in [2.05, 4.69) is 17.4 Å². The molecule has 1 heterocycles.